The van der Waals surface area contributed by atoms with Crippen LogP contribution in [-0.2, 0) is 10.8 Å². The molecule has 0 aliphatic rings. The average Bonchev–Trinajstić information content (AvgIpc) is 2.93. The maximum atomic E-state index is 14.0. The third kappa shape index (κ3) is 4.82. The van der Waals surface area contributed by atoms with Gasteiger partial charge in [0.25, 0.3) is 0 Å². The van der Waals surface area contributed by atoms with Gasteiger partial charge in [-0.1, -0.05) is 60.7 Å². The van der Waals surface area contributed by atoms with E-state index in [4.69, 9.17) is 23.2 Å². The summed E-state index contributed by atoms with van der Waals surface area (Å²) in [6.07, 6.45) is 0. The summed E-state index contributed by atoms with van der Waals surface area (Å²) in [5.41, 5.74) is 5.06. The van der Waals surface area contributed by atoms with Crippen molar-refractivity contribution >= 4 is 23.2 Å². The first-order valence-corrected chi connectivity index (χ1v) is 12.7. The number of alkyl halides is 2. The molecule has 0 aliphatic carbocycles. The largest absolute Gasteiger partial charge is 0.207 e. The maximum absolute atomic E-state index is 14.0. The van der Waals surface area contributed by atoms with E-state index in [1.807, 2.05) is 12.1 Å². The minimum Gasteiger partial charge on any atom is -0.207 e. The smallest absolute Gasteiger partial charge is 0.123 e. The van der Waals surface area contributed by atoms with Gasteiger partial charge in [0.15, 0.2) is 0 Å². The van der Waals surface area contributed by atoms with Gasteiger partial charge in [0, 0.05) is 5.88 Å². The minimum absolute atomic E-state index is 0.142. The second-order valence-corrected chi connectivity index (χ2v) is 9.68. The van der Waals surface area contributed by atoms with Gasteiger partial charge >= 0.3 is 0 Å². The Balaban J connectivity index is 1.92. The Morgan fingerprint density at radius 3 is 1.24 bits per heavy atom. The summed E-state index contributed by atoms with van der Waals surface area (Å²) in [5, 5.41) is 0. The number of rotatable bonds is 6. The number of benzene rings is 5. The van der Waals surface area contributed by atoms with Crippen LogP contribution in [0.25, 0.3) is 22.3 Å². The van der Waals surface area contributed by atoms with Crippen LogP contribution in [0, 0.1) is 23.3 Å². The Morgan fingerprint density at radius 2 is 0.842 bits per heavy atom. The van der Waals surface area contributed by atoms with E-state index in [9.17, 15) is 17.6 Å². The van der Waals surface area contributed by atoms with Gasteiger partial charge in [-0.25, -0.2) is 17.6 Å². The number of hydrogen-bond donors (Lipinski definition) is 0. The second-order valence-electron chi connectivity index (χ2n) is 8.84. The first-order chi connectivity index (χ1) is 18.3. The molecule has 0 fully saturated rings. The van der Waals surface area contributed by atoms with E-state index in [1.165, 1.54) is 48.5 Å². The zero-order chi connectivity index (χ0) is 26.9. The first kappa shape index (κ1) is 26.0. The van der Waals surface area contributed by atoms with Crippen LogP contribution < -0.4 is 0 Å². The van der Waals surface area contributed by atoms with Gasteiger partial charge in [-0.3, -0.25) is 0 Å². The van der Waals surface area contributed by atoms with Crippen molar-refractivity contribution in [2.24, 2.45) is 0 Å². The Kier molecular flexibility index (Phi) is 7.29. The van der Waals surface area contributed by atoms with Crippen LogP contribution in [0.5, 0.6) is 0 Å². The highest BCUT2D eigenvalue weighted by molar-refractivity contribution is 6.29. The third-order valence-corrected chi connectivity index (χ3v) is 7.48. The van der Waals surface area contributed by atoms with Crippen LogP contribution in [0.1, 0.15) is 22.3 Å². The molecular weight excluding hydrogens is 531 g/mol. The number of halogens is 6. The van der Waals surface area contributed by atoms with Gasteiger partial charge in [0.2, 0.25) is 0 Å². The lowest BCUT2D eigenvalue weighted by molar-refractivity contribution is 0.625. The van der Waals surface area contributed by atoms with Crippen molar-refractivity contribution in [2.75, 3.05) is 0 Å². The van der Waals surface area contributed by atoms with Crippen LogP contribution in [0.2, 0.25) is 0 Å². The summed E-state index contributed by atoms with van der Waals surface area (Å²) in [7, 11) is 0. The van der Waals surface area contributed by atoms with E-state index >= 15 is 0 Å². The summed E-state index contributed by atoms with van der Waals surface area (Å²) < 4.78 is 55.8. The van der Waals surface area contributed by atoms with E-state index in [-0.39, 0.29) is 5.88 Å². The van der Waals surface area contributed by atoms with Gasteiger partial charge in [-0.2, -0.15) is 0 Å². The molecule has 5 rings (SSSR count). The molecule has 6 heteroatoms. The predicted molar refractivity (Wildman–Crippen MR) is 145 cm³/mol. The van der Waals surface area contributed by atoms with Crippen LogP contribution in [0.3, 0.4) is 0 Å². The molecule has 0 unspecified atom stereocenters. The molecule has 0 saturated heterocycles. The lowest BCUT2D eigenvalue weighted by Crippen LogP contribution is -2.24. The SMILES string of the molecule is Fc1ccc(-c2c(CCl)ccc(C(Cl)(c3ccc(F)cc3)c3ccc(F)cc3)c2-c2ccc(F)cc2)cc1. The van der Waals surface area contributed by atoms with Crippen molar-refractivity contribution in [3.8, 4) is 22.3 Å². The zero-order valence-corrected chi connectivity index (χ0v) is 21.4. The van der Waals surface area contributed by atoms with Crippen molar-refractivity contribution in [2.45, 2.75) is 10.8 Å². The summed E-state index contributed by atoms with van der Waals surface area (Å²) in [6.45, 7) is 0. The highest BCUT2D eigenvalue weighted by atomic mass is 35.5. The summed E-state index contributed by atoms with van der Waals surface area (Å²) in [4.78, 5) is -1.41. The van der Waals surface area contributed by atoms with Crippen LogP contribution >= 0.6 is 23.2 Å². The highest BCUT2D eigenvalue weighted by Gasteiger charge is 2.38. The van der Waals surface area contributed by atoms with Crippen molar-refractivity contribution < 1.29 is 17.6 Å². The van der Waals surface area contributed by atoms with Gasteiger partial charge in [0.1, 0.15) is 28.1 Å². The monoisotopic (exact) mass is 550 g/mol. The van der Waals surface area contributed by atoms with Crippen LogP contribution in [0.15, 0.2) is 109 Å². The fraction of sp³-hybridized carbons (Fsp3) is 0.0625. The normalized spacial score (nSPS) is 11.5. The fourth-order valence-corrected chi connectivity index (χ4v) is 5.38. The quantitative estimate of drug-likeness (QED) is 0.112. The van der Waals surface area contributed by atoms with E-state index in [1.54, 1.807) is 48.5 Å². The molecule has 0 aliphatic heterocycles. The average molecular weight is 551 g/mol. The van der Waals surface area contributed by atoms with Crippen LogP contribution in [-0.4, -0.2) is 0 Å². The molecule has 0 bridgehead atoms. The Labute approximate surface area is 228 Å². The lowest BCUT2D eigenvalue weighted by Gasteiger charge is -2.33. The molecular formula is C32H20Cl2F4. The van der Waals surface area contributed by atoms with Gasteiger partial charge < -0.3 is 0 Å². The van der Waals surface area contributed by atoms with Gasteiger partial charge in [-0.15, -0.1) is 23.2 Å². The molecule has 0 N–H and O–H groups in total. The molecule has 5 aromatic carbocycles. The molecule has 38 heavy (non-hydrogen) atoms. The minimum atomic E-state index is -1.41. The van der Waals surface area contributed by atoms with E-state index in [0.29, 0.717) is 38.9 Å². The molecule has 0 nitrogen and oxygen atoms in total. The second kappa shape index (κ2) is 10.6. The molecule has 0 saturated carbocycles. The van der Waals surface area contributed by atoms with Crippen molar-refractivity contribution in [1.82, 2.24) is 0 Å². The first-order valence-electron chi connectivity index (χ1n) is 11.8. The van der Waals surface area contributed by atoms with Gasteiger partial charge in [-0.05, 0) is 93.0 Å². The highest BCUT2D eigenvalue weighted by Crippen LogP contribution is 2.50. The Hall–Kier alpha value is -3.60. The maximum Gasteiger partial charge on any atom is 0.123 e. The molecule has 0 amide bonds. The topological polar surface area (TPSA) is 0 Å². The number of hydrogen-bond acceptors (Lipinski definition) is 0. The van der Waals surface area contributed by atoms with E-state index < -0.39 is 28.1 Å². The lowest BCUT2D eigenvalue weighted by atomic mass is 9.77. The predicted octanol–water partition coefficient (Wildman–Crippen LogP) is 9.85. The molecule has 0 spiro atoms. The molecule has 0 aromatic heterocycles. The summed E-state index contributed by atoms with van der Waals surface area (Å²) in [5.74, 6) is -1.54. The third-order valence-electron chi connectivity index (χ3n) is 6.56. The standard InChI is InChI=1S/C32H20Cl2F4/c33-19-22-5-18-29(32(34,23-6-14-27(37)15-7-23)24-8-16-28(38)17-9-24)31(21-3-12-26(36)13-4-21)30(22)20-1-10-25(35)11-2-20/h1-18H,19H2. The molecule has 0 heterocycles. The fourth-order valence-electron chi connectivity index (χ4n) is 4.74. The Morgan fingerprint density at radius 1 is 0.474 bits per heavy atom. The molecule has 0 radical (unpaired) electrons. The van der Waals surface area contributed by atoms with Gasteiger partial charge in [0.05, 0.1) is 0 Å². The van der Waals surface area contributed by atoms with Crippen molar-refractivity contribution in [1.29, 1.82) is 0 Å². The van der Waals surface area contributed by atoms with Crippen molar-refractivity contribution in [3.63, 3.8) is 0 Å². The summed E-state index contributed by atoms with van der Waals surface area (Å²) >= 11 is 14.0. The summed E-state index contributed by atoms with van der Waals surface area (Å²) in [6, 6.07) is 27.1. The molecule has 190 valence electrons. The molecule has 5 aromatic rings. The van der Waals surface area contributed by atoms with E-state index in [2.05, 4.69) is 0 Å². The zero-order valence-electron chi connectivity index (χ0n) is 19.9. The van der Waals surface area contributed by atoms with Crippen molar-refractivity contribution in [3.05, 3.63) is 155 Å². The molecule has 0 atom stereocenters. The van der Waals surface area contributed by atoms with Crippen LogP contribution in [0.4, 0.5) is 17.6 Å². The Bertz CT molecular complexity index is 1520. The van der Waals surface area contributed by atoms with E-state index in [0.717, 1.165) is 5.56 Å².